The Morgan fingerprint density at radius 3 is 2.27 bits per heavy atom. The molecule has 1 aromatic rings. The number of halogens is 3. The minimum atomic E-state index is -4.68. The molecule has 26 heavy (non-hydrogen) atoms. The molecule has 0 aromatic heterocycles. The number of hydrogen-bond donors (Lipinski definition) is 0. The van der Waals surface area contributed by atoms with Crippen LogP contribution in [0.1, 0.15) is 41.0 Å². The van der Waals surface area contributed by atoms with Crippen molar-refractivity contribution in [1.29, 1.82) is 0 Å². The quantitative estimate of drug-likeness (QED) is 0.482. The summed E-state index contributed by atoms with van der Waals surface area (Å²) in [6.45, 7) is 10.1. The molecule has 1 aliphatic heterocycles. The fraction of sp³-hybridized carbons (Fsp3) is 0.650. The molecule has 1 fully saturated rings. The topological polar surface area (TPSA) is 30.8 Å². The Kier molecular flexibility index (Phi) is 6.72. The van der Waals surface area contributed by atoms with Crippen molar-refractivity contribution >= 4 is 11.6 Å². The lowest BCUT2D eigenvalue weighted by atomic mass is 9.75. The number of benzene rings is 1. The maximum absolute atomic E-state index is 13.5. The van der Waals surface area contributed by atoms with Gasteiger partial charge >= 0.3 is 6.18 Å². The first kappa shape index (κ1) is 20.7. The highest BCUT2D eigenvalue weighted by molar-refractivity contribution is 5.84. The van der Waals surface area contributed by atoms with Crippen molar-refractivity contribution in [3.05, 3.63) is 30.3 Å². The Bertz CT molecular complexity index is 603. The molecule has 3 nitrogen and oxygen atoms in total. The third-order valence-corrected chi connectivity index (χ3v) is 5.56. The summed E-state index contributed by atoms with van der Waals surface area (Å²) in [4.78, 5) is 3.68. The van der Waals surface area contributed by atoms with Crippen molar-refractivity contribution in [2.24, 2.45) is 28.7 Å². The van der Waals surface area contributed by atoms with Crippen LogP contribution in [0.4, 0.5) is 18.9 Å². The highest BCUT2D eigenvalue weighted by Gasteiger charge is 2.46. The van der Waals surface area contributed by atoms with Gasteiger partial charge in [0.15, 0.2) is 0 Å². The third-order valence-electron chi connectivity index (χ3n) is 5.56. The van der Waals surface area contributed by atoms with Gasteiger partial charge in [0.1, 0.15) is 0 Å². The van der Waals surface area contributed by atoms with E-state index in [4.69, 9.17) is 9.47 Å². The van der Waals surface area contributed by atoms with E-state index in [1.165, 1.54) is 12.1 Å². The normalized spacial score (nSPS) is 31.5. The van der Waals surface area contributed by atoms with Crippen LogP contribution in [0.5, 0.6) is 0 Å². The van der Waals surface area contributed by atoms with Crippen LogP contribution in [0.3, 0.4) is 0 Å². The fourth-order valence-electron chi connectivity index (χ4n) is 3.33. The molecular weight excluding hydrogens is 343 g/mol. The molecule has 1 aliphatic rings. The summed E-state index contributed by atoms with van der Waals surface area (Å²) in [6.07, 6.45) is -4.89. The Morgan fingerprint density at radius 1 is 1.12 bits per heavy atom. The highest BCUT2D eigenvalue weighted by Crippen LogP contribution is 2.39. The molecule has 1 saturated heterocycles. The SMILES string of the molecule is CC[C@H](C)C1O[C@@H](OC(=Nc2ccccc2)C(F)(F)F)C(C)[C@@H](C)[C@@H]1C. The second kappa shape index (κ2) is 8.42. The average molecular weight is 371 g/mol. The smallest absolute Gasteiger partial charge is 0.444 e. The minimum absolute atomic E-state index is 0.137. The zero-order chi connectivity index (χ0) is 19.5. The summed E-state index contributed by atoms with van der Waals surface area (Å²) in [6, 6.07) is 8.00. The number of nitrogens with zero attached hydrogens (tertiary/aromatic N) is 1. The first-order valence-corrected chi connectivity index (χ1v) is 9.18. The van der Waals surface area contributed by atoms with Crippen molar-refractivity contribution in [3.63, 3.8) is 0 Å². The lowest BCUT2D eigenvalue weighted by Gasteiger charge is -2.45. The fourth-order valence-corrected chi connectivity index (χ4v) is 3.33. The van der Waals surface area contributed by atoms with Gasteiger partial charge in [0.05, 0.1) is 11.8 Å². The van der Waals surface area contributed by atoms with E-state index in [0.717, 1.165) is 6.42 Å². The minimum Gasteiger partial charge on any atom is -0.444 e. The lowest BCUT2D eigenvalue weighted by Crippen LogP contribution is -2.49. The Hall–Kier alpha value is -1.56. The molecule has 0 bridgehead atoms. The van der Waals surface area contributed by atoms with Crippen LogP contribution in [-0.4, -0.2) is 24.5 Å². The molecule has 0 aliphatic carbocycles. The molecule has 0 radical (unpaired) electrons. The number of ether oxygens (including phenoxy) is 2. The van der Waals surface area contributed by atoms with Crippen LogP contribution < -0.4 is 0 Å². The Balaban J connectivity index is 2.27. The monoisotopic (exact) mass is 371 g/mol. The molecule has 2 rings (SSSR count). The van der Waals surface area contributed by atoms with Crippen LogP contribution in [0.15, 0.2) is 35.3 Å². The molecule has 0 spiro atoms. The second-order valence-corrected chi connectivity index (χ2v) is 7.30. The zero-order valence-electron chi connectivity index (χ0n) is 16.0. The summed E-state index contributed by atoms with van der Waals surface area (Å²) in [5, 5.41) is 0. The van der Waals surface area contributed by atoms with Crippen molar-refractivity contribution in [3.8, 4) is 0 Å². The van der Waals surface area contributed by atoms with Gasteiger partial charge in [-0.3, -0.25) is 0 Å². The summed E-state index contributed by atoms with van der Waals surface area (Å²) in [5.74, 6) is -0.760. The van der Waals surface area contributed by atoms with E-state index in [9.17, 15) is 13.2 Å². The van der Waals surface area contributed by atoms with Crippen molar-refractivity contribution in [1.82, 2.24) is 0 Å². The third kappa shape index (κ3) is 4.78. The number of rotatable bonds is 4. The first-order valence-electron chi connectivity index (χ1n) is 9.18. The lowest BCUT2D eigenvalue weighted by molar-refractivity contribution is -0.238. The summed E-state index contributed by atoms with van der Waals surface area (Å²) in [5.41, 5.74) is 0.197. The van der Waals surface area contributed by atoms with Gasteiger partial charge in [-0.15, -0.1) is 0 Å². The molecule has 0 amide bonds. The van der Waals surface area contributed by atoms with Gasteiger partial charge in [-0.1, -0.05) is 59.2 Å². The van der Waals surface area contributed by atoms with Gasteiger partial charge < -0.3 is 9.47 Å². The van der Waals surface area contributed by atoms with E-state index < -0.39 is 18.4 Å². The molecule has 6 atom stereocenters. The van der Waals surface area contributed by atoms with Gasteiger partial charge in [-0.25, -0.2) is 4.99 Å². The summed E-state index contributed by atoms with van der Waals surface area (Å²) >= 11 is 0. The molecule has 0 saturated carbocycles. The maximum Gasteiger partial charge on any atom is 0.468 e. The number of alkyl halides is 3. The second-order valence-electron chi connectivity index (χ2n) is 7.30. The largest absolute Gasteiger partial charge is 0.468 e. The molecule has 146 valence electrons. The van der Waals surface area contributed by atoms with Crippen LogP contribution in [0.2, 0.25) is 0 Å². The maximum atomic E-state index is 13.5. The van der Waals surface area contributed by atoms with Crippen LogP contribution in [-0.2, 0) is 9.47 Å². The van der Waals surface area contributed by atoms with Gasteiger partial charge in [0.2, 0.25) is 6.29 Å². The number of aliphatic imine (C=N–C) groups is 1. The molecule has 1 aromatic carbocycles. The Morgan fingerprint density at radius 2 is 1.73 bits per heavy atom. The molecule has 1 heterocycles. The van der Waals surface area contributed by atoms with E-state index in [1.54, 1.807) is 18.2 Å². The van der Waals surface area contributed by atoms with E-state index >= 15 is 0 Å². The van der Waals surface area contributed by atoms with E-state index in [0.29, 0.717) is 0 Å². The van der Waals surface area contributed by atoms with Crippen LogP contribution in [0.25, 0.3) is 0 Å². The van der Waals surface area contributed by atoms with Crippen molar-refractivity contribution in [2.75, 3.05) is 0 Å². The standard InChI is InChI=1S/C20H28F3NO2/c1-6-12(2)17-14(4)13(3)15(5)18(25-17)26-19(20(21,22)23)24-16-10-8-7-9-11-16/h7-15,17-18H,6H2,1-5H3/t12-,13-,14-,15?,17?,18-/m0/s1. The van der Waals surface area contributed by atoms with Crippen molar-refractivity contribution < 1.29 is 22.6 Å². The summed E-state index contributed by atoms with van der Waals surface area (Å²) < 4.78 is 51.7. The molecular formula is C20H28F3NO2. The zero-order valence-corrected chi connectivity index (χ0v) is 16.0. The summed E-state index contributed by atoms with van der Waals surface area (Å²) in [7, 11) is 0. The Labute approximate surface area is 153 Å². The van der Waals surface area contributed by atoms with E-state index in [2.05, 4.69) is 25.8 Å². The van der Waals surface area contributed by atoms with Gasteiger partial charge in [-0.2, -0.15) is 13.2 Å². The molecule has 2 unspecified atom stereocenters. The average Bonchev–Trinajstić information content (AvgIpc) is 2.60. The predicted molar refractivity (Wildman–Crippen MR) is 96.3 cm³/mol. The van der Waals surface area contributed by atoms with Crippen LogP contribution in [0, 0.1) is 23.7 Å². The van der Waals surface area contributed by atoms with Crippen LogP contribution >= 0.6 is 0 Å². The van der Waals surface area contributed by atoms with Crippen molar-refractivity contribution in [2.45, 2.75) is 59.6 Å². The number of hydrogen-bond acceptors (Lipinski definition) is 3. The van der Waals surface area contributed by atoms with Gasteiger partial charge in [0.25, 0.3) is 5.90 Å². The van der Waals surface area contributed by atoms with Gasteiger partial charge in [0, 0.05) is 5.92 Å². The molecule has 0 N–H and O–H groups in total. The van der Waals surface area contributed by atoms with E-state index in [1.807, 2.05) is 13.8 Å². The van der Waals surface area contributed by atoms with Gasteiger partial charge in [-0.05, 0) is 29.9 Å². The predicted octanol–water partition coefficient (Wildman–Crippen LogP) is 5.97. The highest BCUT2D eigenvalue weighted by atomic mass is 19.4. The first-order chi connectivity index (χ1) is 12.1. The number of para-hydroxylation sites is 1. The van der Waals surface area contributed by atoms with E-state index in [-0.39, 0.29) is 35.5 Å². The molecule has 6 heteroatoms.